The van der Waals surface area contributed by atoms with Crippen LogP contribution >= 0.6 is 15.9 Å². The average Bonchev–Trinajstić information content (AvgIpc) is 2.87. The summed E-state index contributed by atoms with van der Waals surface area (Å²) in [6, 6.07) is 7.13. The summed E-state index contributed by atoms with van der Waals surface area (Å²) in [6.45, 7) is 0.428. The van der Waals surface area contributed by atoms with Gasteiger partial charge in [-0.1, -0.05) is 40.2 Å². The lowest BCUT2D eigenvalue weighted by molar-refractivity contribution is -0.140. The highest BCUT2D eigenvalue weighted by molar-refractivity contribution is 9.10. The van der Waals surface area contributed by atoms with Crippen LogP contribution in [0.15, 0.2) is 40.9 Å². The van der Waals surface area contributed by atoms with Gasteiger partial charge in [0, 0.05) is 11.0 Å². The van der Waals surface area contributed by atoms with Crippen molar-refractivity contribution in [1.29, 1.82) is 0 Å². The van der Waals surface area contributed by atoms with Crippen molar-refractivity contribution in [2.75, 3.05) is 0 Å². The van der Waals surface area contributed by atoms with E-state index in [1.807, 2.05) is 24.3 Å². The van der Waals surface area contributed by atoms with Crippen LogP contribution in [-0.2, 0) is 11.3 Å². The van der Waals surface area contributed by atoms with Crippen LogP contribution in [0.1, 0.15) is 12.0 Å². The van der Waals surface area contributed by atoms with Crippen LogP contribution in [0.4, 0.5) is 4.79 Å². The van der Waals surface area contributed by atoms with Crippen LogP contribution in [0.25, 0.3) is 0 Å². The zero-order chi connectivity index (χ0) is 14.5. The number of aliphatic carboxylic acids is 1. The molecule has 2 amide bonds. The molecule has 0 saturated heterocycles. The summed E-state index contributed by atoms with van der Waals surface area (Å²) in [4.78, 5) is 22.5. The Balaban J connectivity index is 1.75. The number of carboxylic acids is 1. The minimum atomic E-state index is -0.860. The van der Waals surface area contributed by atoms with Gasteiger partial charge in [0.25, 0.3) is 0 Å². The molecule has 2 rings (SSSR count). The van der Waals surface area contributed by atoms with Gasteiger partial charge in [-0.15, -0.1) is 0 Å². The van der Waals surface area contributed by atoms with Crippen LogP contribution in [0.2, 0.25) is 0 Å². The van der Waals surface area contributed by atoms with Gasteiger partial charge in [-0.2, -0.15) is 0 Å². The van der Waals surface area contributed by atoms with E-state index in [-0.39, 0.29) is 12.1 Å². The first-order chi connectivity index (χ1) is 9.54. The molecule has 0 radical (unpaired) electrons. The Labute approximate surface area is 125 Å². The largest absolute Gasteiger partial charge is 0.481 e. The maximum Gasteiger partial charge on any atom is 0.315 e. The van der Waals surface area contributed by atoms with Gasteiger partial charge in [-0.25, -0.2) is 4.79 Å². The summed E-state index contributed by atoms with van der Waals surface area (Å²) >= 11 is 3.35. The second kappa shape index (κ2) is 6.56. The molecule has 2 atom stereocenters. The fraction of sp³-hybridized carbons (Fsp3) is 0.286. The third-order valence-corrected chi connectivity index (χ3v) is 3.61. The van der Waals surface area contributed by atoms with Gasteiger partial charge in [-0.3, -0.25) is 4.79 Å². The van der Waals surface area contributed by atoms with Gasteiger partial charge in [0.15, 0.2) is 0 Å². The summed E-state index contributed by atoms with van der Waals surface area (Å²) in [6.07, 6.45) is 3.74. The van der Waals surface area contributed by atoms with E-state index in [9.17, 15) is 9.59 Å². The summed E-state index contributed by atoms with van der Waals surface area (Å²) < 4.78 is 0.988. The second-order valence-corrected chi connectivity index (χ2v) is 5.54. The monoisotopic (exact) mass is 338 g/mol. The summed E-state index contributed by atoms with van der Waals surface area (Å²) in [5.41, 5.74) is 0.994. The summed E-state index contributed by atoms with van der Waals surface area (Å²) in [7, 11) is 0. The smallest absolute Gasteiger partial charge is 0.315 e. The minimum absolute atomic E-state index is 0.221. The molecule has 0 aromatic heterocycles. The molecule has 1 aromatic carbocycles. The molecule has 6 heteroatoms. The first kappa shape index (κ1) is 14.6. The van der Waals surface area contributed by atoms with Crippen LogP contribution in [0.5, 0.6) is 0 Å². The molecule has 0 fully saturated rings. The highest BCUT2D eigenvalue weighted by Crippen LogP contribution is 2.17. The number of carbonyl (C=O) groups is 2. The maximum absolute atomic E-state index is 11.7. The highest BCUT2D eigenvalue weighted by atomic mass is 79.9. The predicted molar refractivity (Wildman–Crippen MR) is 78.2 cm³/mol. The Morgan fingerprint density at radius 3 is 2.55 bits per heavy atom. The van der Waals surface area contributed by atoms with Crippen LogP contribution in [0.3, 0.4) is 0 Å². The maximum atomic E-state index is 11.7. The molecule has 1 aliphatic carbocycles. The SMILES string of the molecule is O=C(NCc1ccc(Br)cc1)NC1C=CC(C(=O)O)C1. The van der Waals surface area contributed by atoms with Gasteiger partial charge in [0.1, 0.15) is 0 Å². The van der Waals surface area contributed by atoms with Crippen molar-refractivity contribution in [2.24, 2.45) is 5.92 Å². The number of halogens is 1. The lowest BCUT2D eigenvalue weighted by Gasteiger charge is -2.13. The lowest BCUT2D eigenvalue weighted by Crippen LogP contribution is -2.40. The van der Waals surface area contributed by atoms with E-state index >= 15 is 0 Å². The number of urea groups is 1. The Morgan fingerprint density at radius 1 is 1.25 bits per heavy atom. The highest BCUT2D eigenvalue weighted by Gasteiger charge is 2.25. The third-order valence-electron chi connectivity index (χ3n) is 3.08. The van der Waals surface area contributed by atoms with Crippen LogP contribution in [0, 0.1) is 5.92 Å². The third kappa shape index (κ3) is 4.09. The molecule has 106 valence electrons. The minimum Gasteiger partial charge on any atom is -0.481 e. The fourth-order valence-electron chi connectivity index (χ4n) is 1.99. The van der Waals surface area contributed by atoms with Crippen LogP contribution < -0.4 is 10.6 Å². The van der Waals surface area contributed by atoms with E-state index in [4.69, 9.17) is 5.11 Å². The molecule has 0 aliphatic heterocycles. The molecule has 1 aromatic rings. The zero-order valence-corrected chi connectivity index (χ0v) is 12.3. The van der Waals surface area contributed by atoms with Crippen LogP contribution in [-0.4, -0.2) is 23.1 Å². The van der Waals surface area contributed by atoms with Gasteiger partial charge in [0.05, 0.1) is 12.0 Å². The van der Waals surface area contributed by atoms with Gasteiger partial charge >= 0.3 is 12.0 Å². The first-order valence-corrected chi connectivity index (χ1v) is 7.04. The molecule has 0 saturated carbocycles. The number of carboxylic acid groups (broad SMARTS) is 1. The van der Waals surface area contributed by atoms with Gasteiger partial charge < -0.3 is 15.7 Å². The van der Waals surface area contributed by atoms with Crippen molar-refractivity contribution in [1.82, 2.24) is 10.6 Å². The van der Waals surface area contributed by atoms with E-state index in [2.05, 4.69) is 26.6 Å². The van der Waals surface area contributed by atoms with Crippen molar-refractivity contribution >= 4 is 27.9 Å². The lowest BCUT2D eigenvalue weighted by atomic mass is 10.1. The molecule has 1 aliphatic rings. The number of amides is 2. The van der Waals surface area contributed by atoms with E-state index in [0.717, 1.165) is 10.0 Å². The molecule has 0 bridgehead atoms. The zero-order valence-electron chi connectivity index (χ0n) is 10.7. The van der Waals surface area contributed by atoms with Crippen molar-refractivity contribution < 1.29 is 14.7 Å². The van der Waals surface area contributed by atoms with Crippen molar-refractivity contribution in [2.45, 2.75) is 19.0 Å². The number of hydrogen-bond donors (Lipinski definition) is 3. The van der Waals surface area contributed by atoms with E-state index in [1.54, 1.807) is 12.2 Å². The average molecular weight is 339 g/mol. The molecule has 5 nitrogen and oxygen atoms in total. The number of carbonyl (C=O) groups excluding carboxylic acids is 1. The molecular weight excluding hydrogens is 324 g/mol. The second-order valence-electron chi connectivity index (χ2n) is 4.63. The molecule has 2 unspecified atom stereocenters. The molecule has 0 heterocycles. The number of benzene rings is 1. The Bertz CT molecular complexity index is 528. The van der Waals surface area contributed by atoms with Gasteiger partial charge in [0.2, 0.25) is 0 Å². The first-order valence-electron chi connectivity index (χ1n) is 6.24. The standard InChI is InChI=1S/C14H15BrN2O3/c15-11-4-1-9(2-5-11)8-16-14(20)17-12-6-3-10(7-12)13(18)19/h1-6,10,12H,7-8H2,(H,18,19)(H2,16,17,20). The summed E-state index contributed by atoms with van der Waals surface area (Å²) in [5, 5.41) is 14.3. The van der Waals surface area contributed by atoms with Gasteiger partial charge in [-0.05, 0) is 24.1 Å². The van der Waals surface area contributed by atoms with Crippen molar-refractivity contribution in [3.8, 4) is 0 Å². The number of rotatable bonds is 4. The Hall–Kier alpha value is -1.82. The van der Waals surface area contributed by atoms with Crippen molar-refractivity contribution in [3.05, 3.63) is 46.5 Å². The molecule has 0 spiro atoms. The Morgan fingerprint density at radius 2 is 1.95 bits per heavy atom. The number of nitrogens with one attached hydrogen (secondary N) is 2. The molecular formula is C14H15BrN2O3. The fourth-order valence-corrected chi connectivity index (χ4v) is 2.26. The Kier molecular flexibility index (Phi) is 4.79. The van der Waals surface area contributed by atoms with E-state index in [1.165, 1.54) is 0 Å². The quantitative estimate of drug-likeness (QED) is 0.737. The predicted octanol–water partition coefficient (Wildman–Crippen LogP) is 2.28. The topological polar surface area (TPSA) is 78.4 Å². The van der Waals surface area contributed by atoms with E-state index < -0.39 is 11.9 Å². The molecule has 20 heavy (non-hydrogen) atoms. The van der Waals surface area contributed by atoms with Crippen molar-refractivity contribution in [3.63, 3.8) is 0 Å². The number of hydrogen-bond acceptors (Lipinski definition) is 2. The molecule has 3 N–H and O–H groups in total. The summed E-state index contributed by atoms with van der Waals surface area (Å²) in [5.74, 6) is -1.37. The van der Waals surface area contributed by atoms with E-state index in [0.29, 0.717) is 13.0 Å². The normalized spacial score (nSPS) is 20.6.